The van der Waals surface area contributed by atoms with Crippen molar-refractivity contribution in [2.45, 2.75) is 33.3 Å². The zero-order valence-electron chi connectivity index (χ0n) is 11.5. The molecular formula is C15H25NO. The van der Waals surface area contributed by atoms with Crippen molar-refractivity contribution in [3.8, 4) is 0 Å². The summed E-state index contributed by atoms with van der Waals surface area (Å²) in [6, 6.07) is 8.57. The molecule has 0 saturated carbocycles. The van der Waals surface area contributed by atoms with E-state index >= 15 is 0 Å². The molecule has 0 saturated heterocycles. The Morgan fingerprint density at radius 1 is 1.24 bits per heavy atom. The number of likely N-dealkylation sites (N-methyl/N-ethyl adjacent to an activating group) is 1. The quantitative estimate of drug-likeness (QED) is 0.819. The molecule has 0 bridgehead atoms. The van der Waals surface area contributed by atoms with Gasteiger partial charge in [0, 0.05) is 6.54 Å². The molecule has 0 aliphatic heterocycles. The summed E-state index contributed by atoms with van der Waals surface area (Å²) in [5.74, 6) is 0.298. The second-order valence-corrected chi connectivity index (χ2v) is 5.09. The fourth-order valence-electron chi connectivity index (χ4n) is 1.86. The monoisotopic (exact) mass is 235 g/mol. The third kappa shape index (κ3) is 4.88. The fraction of sp³-hybridized carbons (Fsp3) is 0.600. The first-order valence-corrected chi connectivity index (χ1v) is 6.45. The summed E-state index contributed by atoms with van der Waals surface area (Å²) in [5.41, 5.74) is 2.59. The second-order valence-electron chi connectivity index (χ2n) is 5.09. The molecule has 0 heterocycles. The van der Waals surface area contributed by atoms with Crippen molar-refractivity contribution in [2.24, 2.45) is 5.92 Å². The van der Waals surface area contributed by atoms with E-state index in [1.807, 2.05) is 7.05 Å². The number of benzene rings is 1. The Balaban J connectivity index is 2.47. The van der Waals surface area contributed by atoms with Crippen LogP contribution in [0.4, 0.5) is 0 Å². The zero-order chi connectivity index (χ0) is 12.8. The van der Waals surface area contributed by atoms with Gasteiger partial charge in [0.15, 0.2) is 0 Å². The van der Waals surface area contributed by atoms with Gasteiger partial charge in [-0.25, -0.2) is 0 Å². The standard InChI is InChI=1S/C15H25NO/c1-5-16(4)11-15(17)13(3)10-14-8-6-12(2)7-9-14/h6-9,13,15,17H,5,10-11H2,1-4H3. The molecule has 2 nitrogen and oxygen atoms in total. The minimum absolute atomic E-state index is 0.249. The van der Waals surface area contributed by atoms with Crippen LogP contribution in [0.5, 0.6) is 0 Å². The van der Waals surface area contributed by atoms with E-state index in [1.54, 1.807) is 0 Å². The highest BCUT2D eigenvalue weighted by Crippen LogP contribution is 2.13. The van der Waals surface area contributed by atoms with E-state index in [-0.39, 0.29) is 6.10 Å². The second kappa shape index (κ2) is 6.77. The van der Waals surface area contributed by atoms with E-state index < -0.39 is 0 Å². The van der Waals surface area contributed by atoms with Crippen LogP contribution in [0.25, 0.3) is 0 Å². The van der Waals surface area contributed by atoms with E-state index in [0.29, 0.717) is 5.92 Å². The minimum atomic E-state index is -0.249. The maximum atomic E-state index is 10.1. The van der Waals surface area contributed by atoms with Gasteiger partial charge in [-0.05, 0) is 38.4 Å². The van der Waals surface area contributed by atoms with Gasteiger partial charge in [-0.3, -0.25) is 0 Å². The van der Waals surface area contributed by atoms with Crippen LogP contribution in [-0.2, 0) is 6.42 Å². The number of aliphatic hydroxyl groups is 1. The minimum Gasteiger partial charge on any atom is -0.392 e. The molecule has 0 aliphatic rings. The van der Waals surface area contributed by atoms with Gasteiger partial charge in [-0.1, -0.05) is 43.7 Å². The predicted molar refractivity (Wildman–Crippen MR) is 73.2 cm³/mol. The van der Waals surface area contributed by atoms with E-state index in [1.165, 1.54) is 11.1 Å². The molecule has 0 fully saturated rings. The van der Waals surface area contributed by atoms with E-state index in [0.717, 1.165) is 19.5 Å². The summed E-state index contributed by atoms with van der Waals surface area (Å²) in [4.78, 5) is 2.15. The lowest BCUT2D eigenvalue weighted by molar-refractivity contribution is 0.0810. The average Bonchev–Trinajstić information content (AvgIpc) is 2.31. The molecule has 1 rings (SSSR count). The Bertz CT molecular complexity index is 320. The van der Waals surface area contributed by atoms with Gasteiger partial charge in [0.25, 0.3) is 0 Å². The molecule has 0 radical (unpaired) electrons. The van der Waals surface area contributed by atoms with Crippen LogP contribution in [0.3, 0.4) is 0 Å². The van der Waals surface area contributed by atoms with Crippen molar-refractivity contribution < 1.29 is 5.11 Å². The maximum absolute atomic E-state index is 10.1. The average molecular weight is 235 g/mol. The van der Waals surface area contributed by atoms with Crippen LogP contribution in [0, 0.1) is 12.8 Å². The third-order valence-corrected chi connectivity index (χ3v) is 3.37. The summed E-state index contributed by atoms with van der Waals surface area (Å²) < 4.78 is 0. The lowest BCUT2D eigenvalue weighted by Gasteiger charge is -2.24. The molecule has 0 aliphatic carbocycles. The lowest BCUT2D eigenvalue weighted by Crippen LogP contribution is -2.34. The highest BCUT2D eigenvalue weighted by molar-refractivity contribution is 5.21. The third-order valence-electron chi connectivity index (χ3n) is 3.37. The van der Waals surface area contributed by atoms with Gasteiger partial charge < -0.3 is 10.0 Å². The number of rotatable bonds is 6. The molecular weight excluding hydrogens is 210 g/mol. The summed E-state index contributed by atoms with van der Waals surface area (Å²) in [5, 5.41) is 10.1. The van der Waals surface area contributed by atoms with Gasteiger partial charge in [-0.2, -0.15) is 0 Å². The van der Waals surface area contributed by atoms with E-state index in [9.17, 15) is 5.11 Å². The number of hydrogen-bond donors (Lipinski definition) is 1. The molecule has 17 heavy (non-hydrogen) atoms. The molecule has 2 heteroatoms. The smallest absolute Gasteiger partial charge is 0.0695 e. The lowest BCUT2D eigenvalue weighted by atomic mass is 9.95. The number of nitrogens with zero attached hydrogens (tertiary/aromatic N) is 1. The molecule has 1 aromatic rings. The van der Waals surface area contributed by atoms with E-state index in [2.05, 4.69) is 49.9 Å². The Morgan fingerprint density at radius 2 is 1.82 bits per heavy atom. The van der Waals surface area contributed by atoms with Crippen molar-refractivity contribution in [3.63, 3.8) is 0 Å². The molecule has 0 aromatic heterocycles. The van der Waals surface area contributed by atoms with Crippen LogP contribution >= 0.6 is 0 Å². The van der Waals surface area contributed by atoms with E-state index in [4.69, 9.17) is 0 Å². The molecule has 2 unspecified atom stereocenters. The number of aliphatic hydroxyl groups excluding tert-OH is 1. The Morgan fingerprint density at radius 3 is 2.35 bits per heavy atom. The summed E-state index contributed by atoms with van der Waals surface area (Å²) in [6.45, 7) is 8.06. The van der Waals surface area contributed by atoms with Crippen LogP contribution in [0.1, 0.15) is 25.0 Å². The van der Waals surface area contributed by atoms with Gasteiger partial charge >= 0.3 is 0 Å². The van der Waals surface area contributed by atoms with Crippen molar-refractivity contribution in [1.82, 2.24) is 4.90 Å². The highest BCUT2D eigenvalue weighted by atomic mass is 16.3. The summed E-state index contributed by atoms with van der Waals surface area (Å²) in [7, 11) is 2.04. The van der Waals surface area contributed by atoms with Crippen LogP contribution in [-0.4, -0.2) is 36.2 Å². The molecule has 2 atom stereocenters. The summed E-state index contributed by atoms with van der Waals surface area (Å²) in [6.07, 6.45) is 0.695. The molecule has 0 amide bonds. The Hall–Kier alpha value is -0.860. The summed E-state index contributed by atoms with van der Waals surface area (Å²) >= 11 is 0. The van der Waals surface area contributed by atoms with Crippen molar-refractivity contribution in [3.05, 3.63) is 35.4 Å². The van der Waals surface area contributed by atoms with Crippen molar-refractivity contribution in [2.75, 3.05) is 20.1 Å². The first-order chi connectivity index (χ1) is 8.02. The molecule has 0 spiro atoms. The first kappa shape index (κ1) is 14.2. The molecule has 96 valence electrons. The van der Waals surface area contributed by atoms with Crippen molar-refractivity contribution >= 4 is 0 Å². The van der Waals surface area contributed by atoms with Crippen molar-refractivity contribution in [1.29, 1.82) is 0 Å². The van der Waals surface area contributed by atoms with Crippen LogP contribution in [0.15, 0.2) is 24.3 Å². The van der Waals surface area contributed by atoms with Crippen LogP contribution in [0.2, 0.25) is 0 Å². The van der Waals surface area contributed by atoms with Gasteiger partial charge in [-0.15, -0.1) is 0 Å². The highest BCUT2D eigenvalue weighted by Gasteiger charge is 2.16. The SMILES string of the molecule is CCN(C)CC(O)C(C)Cc1ccc(C)cc1. The van der Waals surface area contributed by atoms with Gasteiger partial charge in [0.2, 0.25) is 0 Å². The number of hydrogen-bond acceptors (Lipinski definition) is 2. The molecule has 1 aromatic carbocycles. The van der Waals surface area contributed by atoms with Crippen LogP contribution < -0.4 is 0 Å². The predicted octanol–water partition coefficient (Wildman–Crippen LogP) is 2.49. The Labute approximate surface area is 105 Å². The van der Waals surface area contributed by atoms with Gasteiger partial charge in [0.1, 0.15) is 0 Å². The Kier molecular flexibility index (Phi) is 5.66. The van der Waals surface area contributed by atoms with Gasteiger partial charge in [0.05, 0.1) is 6.10 Å². The zero-order valence-corrected chi connectivity index (χ0v) is 11.5. The fourth-order valence-corrected chi connectivity index (χ4v) is 1.86. The number of aryl methyl sites for hydroxylation is 1. The molecule has 1 N–H and O–H groups in total. The first-order valence-electron chi connectivity index (χ1n) is 6.45. The largest absolute Gasteiger partial charge is 0.392 e. The normalized spacial score (nSPS) is 14.9. The maximum Gasteiger partial charge on any atom is 0.0695 e. The topological polar surface area (TPSA) is 23.5 Å².